The number of carbonyl (C=O) groups is 1. The molecule has 0 aliphatic heterocycles. The highest BCUT2D eigenvalue weighted by Crippen LogP contribution is 2.12. The molecule has 0 radical (unpaired) electrons. The van der Waals surface area contributed by atoms with Gasteiger partial charge in [-0.25, -0.2) is 4.79 Å². The maximum atomic E-state index is 11.3. The number of carbonyl (C=O) groups excluding carboxylic acids is 1. The standard InChI is InChI=1S/C21H42NO2.BrH/c1-6-7-8-9-10-11-12-13-14-15-17-22(4,5)18-16-19-24-21(23)20(2)3;/h2,6-19H2,1,3-5H3;1H/q+1;/p-1. The van der Waals surface area contributed by atoms with Gasteiger partial charge in [0.05, 0.1) is 33.8 Å². The summed E-state index contributed by atoms with van der Waals surface area (Å²) >= 11 is 0. The van der Waals surface area contributed by atoms with Crippen molar-refractivity contribution in [3.05, 3.63) is 12.2 Å². The van der Waals surface area contributed by atoms with Gasteiger partial charge in [0.2, 0.25) is 0 Å². The maximum absolute atomic E-state index is 11.3. The van der Waals surface area contributed by atoms with E-state index in [1.165, 1.54) is 70.8 Å². The molecule has 0 aliphatic rings. The fraction of sp³-hybridized carbons (Fsp3) is 0.857. The molecule has 0 aromatic carbocycles. The van der Waals surface area contributed by atoms with Gasteiger partial charge in [-0.2, -0.15) is 0 Å². The van der Waals surface area contributed by atoms with E-state index in [0.717, 1.165) is 17.4 Å². The number of ether oxygens (including phenoxy) is 1. The fourth-order valence-corrected chi connectivity index (χ4v) is 2.92. The summed E-state index contributed by atoms with van der Waals surface area (Å²) in [6, 6.07) is 0. The summed E-state index contributed by atoms with van der Waals surface area (Å²) in [5, 5.41) is 0. The number of quaternary nitrogens is 1. The van der Waals surface area contributed by atoms with Gasteiger partial charge >= 0.3 is 5.97 Å². The second-order valence-corrected chi connectivity index (χ2v) is 7.83. The molecule has 0 amide bonds. The molecule has 0 bridgehead atoms. The highest BCUT2D eigenvalue weighted by Gasteiger charge is 2.14. The van der Waals surface area contributed by atoms with E-state index in [9.17, 15) is 4.79 Å². The Bertz CT molecular complexity index is 343. The Kier molecular flexibility index (Phi) is 18.4. The Morgan fingerprint density at radius 2 is 1.28 bits per heavy atom. The van der Waals surface area contributed by atoms with Crippen LogP contribution in [0.3, 0.4) is 0 Å². The molecule has 0 N–H and O–H groups in total. The Morgan fingerprint density at radius 3 is 1.76 bits per heavy atom. The summed E-state index contributed by atoms with van der Waals surface area (Å²) in [4.78, 5) is 11.3. The van der Waals surface area contributed by atoms with Gasteiger partial charge in [-0.05, 0) is 19.8 Å². The SMILES string of the molecule is C=C(C)C(=O)OCCC[N+](C)(C)CCCCCCCCCCCC.[Br-]. The molecule has 0 unspecified atom stereocenters. The number of rotatable bonds is 16. The lowest BCUT2D eigenvalue weighted by Crippen LogP contribution is -3.00. The highest BCUT2D eigenvalue weighted by atomic mass is 79.9. The number of hydrogen-bond acceptors (Lipinski definition) is 2. The molecule has 150 valence electrons. The van der Waals surface area contributed by atoms with E-state index in [1.807, 2.05) is 0 Å². The first kappa shape index (κ1) is 26.9. The Morgan fingerprint density at radius 1 is 0.840 bits per heavy atom. The summed E-state index contributed by atoms with van der Waals surface area (Å²) in [5.74, 6) is -0.269. The van der Waals surface area contributed by atoms with E-state index in [2.05, 4.69) is 27.6 Å². The Balaban J connectivity index is 0. The summed E-state index contributed by atoms with van der Waals surface area (Å²) < 4.78 is 6.17. The van der Waals surface area contributed by atoms with Crippen molar-refractivity contribution in [2.24, 2.45) is 0 Å². The Hall–Kier alpha value is -0.350. The normalized spacial score (nSPS) is 11.0. The highest BCUT2D eigenvalue weighted by molar-refractivity contribution is 5.86. The summed E-state index contributed by atoms with van der Waals surface area (Å²) in [7, 11) is 4.54. The number of halogens is 1. The van der Waals surface area contributed by atoms with Crippen LogP contribution >= 0.6 is 0 Å². The zero-order valence-electron chi connectivity index (χ0n) is 17.2. The van der Waals surface area contributed by atoms with E-state index in [0.29, 0.717) is 12.2 Å². The van der Waals surface area contributed by atoms with Gasteiger partial charge in [0.15, 0.2) is 0 Å². The van der Waals surface area contributed by atoms with Crippen molar-refractivity contribution >= 4 is 5.97 Å². The molecule has 0 aromatic rings. The number of unbranched alkanes of at least 4 members (excludes halogenated alkanes) is 9. The van der Waals surface area contributed by atoms with Crippen LogP contribution in [0.25, 0.3) is 0 Å². The van der Waals surface area contributed by atoms with Crippen molar-refractivity contribution in [1.82, 2.24) is 0 Å². The topological polar surface area (TPSA) is 26.3 Å². The van der Waals surface area contributed by atoms with Gasteiger partial charge in [-0.15, -0.1) is 0 Å². The van der Waals surface area contributed by atoms with Crippen molar-refractivity contribution < 1.29 is 31.0 Å². The first-order chi connectivity index (χ1) is 11.4. The minimum Gasteiger partial charge on any atom is -1.00 e. The molecule has 0 atom stereocenters. The molecule has 0 saturated heterocycles. The molecule has 0 fully saturated rings. The lowest BCUT2D eigenvalue weighted by molar-refractivity contribution is -0.890. The number of esters is 1. The maximum Gasteiger partial charge on any atom is 0.333 e. The van der Waals surface area contributed by atoms with Crippen LogP contribution in [0.4, 0.5) is 0 Å². The van der Waals surface area contributed by atoms with Crippen LogP contribution in [0.2, 0.25) is 0 Å². The first-order valence-corrected chi connectivity index (χ1v) is 10.0. The largest absolute Gasteiger partial charge is 1.00 e. The average molecular weight is 420 g/mol. The molecule has 0 spiro atoms. The second kappa shape index (κ2) is 17.1. The molecule has 0 rings (SSSR count). The summed E-state index contributed by atoms with van der Waals surface area (Å²) in [5.41, 5.74) is 0.481. The first-order valence-electron chi connectivity index (χ1n) is 10.0. The third-order valence-electron chi connectivity index (χ3n) is 4.61. The van der Waals surface area contributed by atoms with Gasteiger partial charge in [0.25, 0.3) is 0 Å². The van der Waals surface area contributed by atoms with E-state index < -0.39 is 0 Å². The molecule has 0 aliphatic carbocycles. The van der Waals surface area contributed by atoms with Gasteiger partial charge in [0.1, 0.15) is 0 Å². The van der Waals surface area contributed by atoms with E-state index >= 15 is 0 Å². The molecule has 0 heterocycles. The predicted molar refractivity (Wildman–Crippen MR) is 104 cm³/mol. The van der Waals surface area contributed by atoms with Crippen LogP contribution < -0.4 is 17.0 Å². The van der Waals surface area contributed by atoms with Gasteiger partial charge in [-0.3, -0.25) is 0 Å². The third-order valence-corrected chi connectivity index (χ3v) is 4.61. The third kappa shape index (κ3) is 18.2. The quantitative estimate of drug-likeness (QED) is 0.166. The van der Waals surface area contributed by atoms with Crippen molar-refractivity contribution in [3.8, 4) is 0 Å². The van der Waals surface area contributed by atoms with Gasteiger partial charge in [0, 0.05) is 12.0 Å². The van der Waals surface area contributed by atoms with Crippen molar-refractivity contribution in [1.29, 1.82) is 0 Å². The molecule has 3 nitrogen and oxygen atoms in total. The van der Waals surface area contributed by atoms with Crippen LogP contribution in [0.5, 0.6) is 0 Å². The molecule has 0 saturated carbocycles. The van der Waals surface area contributed by atoms with E-state index in [4.69, 9.17) is 4.74 Å². The summed E-state index contributed by atoms with van der Waals surface area (Å²) in [6.07, 6.45) is 14.8. The fourth-order valence-electron chi connectivity index (χ4n) is 2.92. The molecule has 25 heavy (non-hydrogen) atoms. The lowest BCUT2D eigenvalue weighted by Gasteiger charge is -2.29. The van der Waals surface area contributed by atoms with Crippen molar-refractivity contribution in [3.63, 3.8) is 0 Å². The average Bonchev–Trinajstić information content (AvgIpc) is 2.53. The molecular formula is C21H42BrNO2. The summed E-state index contributed by atoms with van der Waals surface area (Å²) in [6.45, 7) is 10.3. The minimum absolute atomic E-state index is 0. The lowest BCUT2D eigenvalue weighted by atomic mass is 10.1. The minimum atomic E-state index is -0.269. The van der Waals surface area contributed by atoms with Crippen LogP contribution in [-0.4, -0.2) is 44.2 Å². The van der Waals surface area contributed by atoms with Crippen molar-refractivity contribution in [2.75, 3.05) is 33.8 Å². The Labute approximate surface area is 167 Å². The van der Waals surface area contributed by atoms with E-state index in [-0.39, 0.29) is 23.0 Å². The monoisotopic (exact) mass is 419 g/mol. The zero-order valence-corrected chi connectivity index (χ0v) is 18.8. The van der Waals surface area contributed by atoms with E-state index in [1.54, 1.807) is 6.92 Å². The molecular weight excluding hydrogens is 378 g/mol. The predicted octanol–water partition coefficient (Wildman–Crippen LogP) is 2.50. The number of hydrogen-bond donors (Lipinski definition) is 0. The number of nitrogens with zero attached hydrogens (tertiary/aromatic N) is 1. The van der Waals surface area contributed by atoms with Crippen molar-refractivity contribution in [2.45, 2.75) is 84.5 Å². The second-order valence-electron chi connectivity index (χ2n) is 7.83. The van der Waals surface area contributed by atoms with Crippen LogP contribution in [-0.2, 0) is 9.53 Å². The van der Waals surface area contributed by atoms with Gasteiger partial charge < -0.3 is 26.2 Å². The smallest absolute Gasteiger partial charge is 0.333 e. The zero-order chi connectivity index (χ0) is 18.3. The van der Waals surface area contributed by atoms with Crippen LogP contribution in [0.15, 0.2) is 12.2 Å². The molecule has 4 heteroatoms. The van der Waals surface area contributed by atoms with Crippen LogP contribution in [0, 0.1) is 0 Å². The van der Waals surface area contributed by atoms with Crippen LogP contribution in [0.1, 0.15) is 84.5 Å². The molecule has 0 aromatic heterocycles. The van der Waals surface area contributed by atoms with Gasteiger partial charge in [-0.1, -0.05) is 64.9 Å².